The highest BCUT2D eigenvalue weighted by molar-refractivity contribution is 6.36. The van der Waals surface area contributed by atoms with Crippen LogP contribution in [0, 0.1) is 5.92 Å². The number of halogens is 2. The third-order valence-corrected chi connectivity index (χ3v) is 6.00. The summed E-state index contributed by atoms with van der Waals surface area (Å²) in [5.74, 6) is -0.101. The first-order valence-corrected chi connectivity index (χ1v) is 11.7. The summed E-state index contributed by atoms with van der Waals surface area (Å²) in [5, 5.41) is 3.25. The highest BCUT2D eigenvalue weighted by atomic mass is 35.5. The van der Waals surface area contributed by atoms with Crippen LogP contribution in [-0.2, 0) is 19.1 Å². The van der Waals surface area contributed by atoms with Crippen molar-refractivity contribution in [3.05, 3.63) is 76.8 Å². The Morgan fingerprint density at radius 1 is 0.972 bits per heavy atom. The summed E-state index contributed by atoms with van der Waals surface area (Å²) in [5.41, 5.74) is 0.983. The van der Waals surface area contributed by atoms with Crippen LogP contribution in [0.3, 0.4) is 0 Å². The molecule has 3 aromatic rings. The van der Waals surface area contributed by atoms with Crippen LogP contribution in [0.15, 0.2) is 66.7 Å². The van der Waals surface area contributed by atoms with Gasteiger partial charge in [0, 0.05) is 23.7 Å². The number of hydrogen-bond donors (Lipinski definition) is 1. The molecule has 1 aliphatic rings. The van der Waals surface area contributed by atoms with Crippen molar-refractivity contribution in [2.45, 2.75) is 6.42 Å². The van der Waals surface area contributed by atoms with Crippen LogP contribution in [0.5, 0.6) is 17.2 Å². The van der Waals surface area contributed by atoms with Gasteiger partial charge in [-0.05, 0) is 66.7 Å². The molecule has 1 atom stereocenters. The molecule has 10 heteroatoms. The Morgan fingerprint density at radius 2 is 1.61 bits per heavy atom. The van der Waals surface area contributed by atoms with E-state index in [4.69, 9.17) is 37.4 Å². The van der Waals surface area contributed by atoms with E-state index in [1.165, 1.54) is 11.0 Å². The average molecular weight is 529 g/mol. The van der Waals surface area contributed by atoms with E-state index < -0.39 is 24.4 Å². The highest BCUT2D eigenvalue weighted by Crippen LogP contribution is 2.30. The van der Waals surface area contributed by atoms with Gasteiger partial charge in [-0.3, -0.25) is 14.4 Å². The summed E-state index contributed by atoms with van der Waals surface area (Å²) in [6.07, 6.45) is -0.00638. The molecule has 1 N–H and O–H groups in total. The fourth-order valence-electron chi connectivity index (χ4n) is 3.62. The summed E-state index contributed by atoms with van der Waals surface area (Å²) in [6, 6.07) is 18.7. The SMILES string of the molecule is COc1ccc(Oc2ccc(N3C[C@H](C(=O)OCC(=O)Nc4ccc(Cl)cc4Cl)CC3=O)cc2)cc1. The topological polar surface area (TPSA) is 94.2 Å². The number of anilines is 2. The van der Waals surface area contributed by atoms with Crippen molar-refractivity contribution in [3.8, 4) is 17.2 Å². The largest absolute Gasteiger partial charge is 0.497 e. The molecular formula is C26H22Cl2N2O6. The molecule has 0 aromatic heterocycles. The molecule has 4 rings (SSSR count). The molecule has 0 bridgehead atoms. The maximum atomic E-state index is 12.5. The molecule has 2 amide bonds. The molecule has 8 nitrogen and oxygen atoms in total. The molecule has 1 aliphatic heterocycles. The van der Waals surface area contributed by atoms with E-state index in [0.717, 1.165) is 5.75 Å². The van der Waals surface area contributed by atoms with E-state index in [2.05, 4.69) is 5.32 Å². The van der Waals surface area contributed by atoms with Gasteiger partial charge in [0.05, 0.1) is 23.7 Å². The van der Waals surface area contributed by atoms with Crippen LogP contribution in [-0.4, -0.2) is 38.0 Å². The first-order valence-electron chi connectivity index (χ1n) is 11.0. The zero-order valence-corrected chi connectivity index (χ0v) is 20.7. The second kappa shape index (κ2) is 11.3. The van der Waals surface area contributed by atoms with Gasteiger partial charge < -0.3 is 24.4 Å². The Bertz CT molecular complexity index is 1260. The quantitative estimate of drug-likeness (QED) is 0.397. The van der Waals surface area contributed by atoms with Gasteiger partial charge in [-0.25, -0.2) is 0 Å². The lowest BCUT2D eigenvalue weighted by molar-refractivity contribution is -0.151. The Kier molecular flexibility index (Phi) is 7.97. The van der Waals surface area contributed by atoms with Crippen molar-refractivity contribution >= 4 is 52.4 Å². The third-order valence-electron chi connectivity index (χ3n) is 5.45. The van der Waals surface area contributed by atoms with Gasteiger partial charge in [-0.1, -0.05) is 23.2 Å². The number of hydrogen-bond acceptors (Lipinski definition) is 6. The van der Waals surface area contributed by atoms with Crippen molar-refractivity contribution < 1.29 is 28.6 Å². The van der Waals surface area contributed by atoms with E-state index in [9.17, 15) is 14.4 Å². The molecule has 1 saturated heterocycles. The standard InChI is InChI=1S/C26H22Cl2N2O6/c1-34-19-7-9-21(10-8-19)36-20-5-3-18(4-6-20)30-14-16(12-25(30)32)26(33)35-15-24(31)29-23-11-2-17(27)13-22(23)28/h2-11,13,16H,12,14-15H2,1H3,(H,29,31)/t16-/m1/s1. The Hall–Kier alpha value is -3.75. The normalized spacial score (nSPS) is 14.9. The third kappa shape index (κ3) is 6.27. The average Bonchev–Trinajstić information content (AvgIpc) is 3.27. The second-order valence-electron chi connectivity index (χ2n) is 7.96. The lowest BCUT2D eigenvalue weighted by atomic mass is 10.1. The molecule has 0 unspecified atom stereocenters. The summed E-state index contributed by atoms with van der Waals surface area (Å²) in [6.45, 7) is -0.346. The molecule has 186 valence electrons. The number of carbonyl (C=O) groups excluding carboxylic acids is 3. The fourth-order valence-corrected chi connectivity index (χ4v) is 4.08. The number of carbonyl (C=O) groups is 3. The smallest absolute Gasteiger partial charge is 0.311 e. The Balaban J connectivity index is 1.29. The molecule has 0 spiro atoms. The number of nitrogens with zero attached hydrogens (tertiary/aromatic N) is 1. The van der Waals surface area contributed by atoms with Crippen molar-refractivity contribution in [1.29, 1.82) is 0 Å². The first kappa shape index (κ1) is 25.3. The Labute approximate surface area is 217 Å². The minimum Gasteiger partial charge on any atom is -0.497 e. The Morgan fingerprint density at radius 3 is 2.25 bits per heavy atom. The molecule has 0 aliphatic carbocycles. The highest BCUT2D eigenvalue weighted by Gasteiger charge is 2.36. The minimum atomic E-state index is -0.681. The summed E-state index contributed by atoms with van der Waals surface area (Å²) < 4.78 is 16.1. The van der Waals surface area contributed by atoms with E-state index in [0.29, 0.717) is 27.9 Å². The predicted molar refractivity (Wildman–Crippen MR) is 136 cm³/mol. The number of rotatable bonds is 8. The lowest BCUT2D eigenvalue weighted by Gasteiger charge is -2.17. The second-order valence-corrected chi connectivity index (χ2v) is 8.80. The maximum absolute atomic E-state index is 12.5. The maximum Gasteiger partial charge on any atom is 0.311 e. The van der Waals surface area contributed by atoms with E-state index in [-0.39, 0.29) is 23.9 Å². The molecular weight excluding hydrogens is 507 g/mol. The van der Waals surface area contributed by atoms with Crippen molar-refractivity contribution in [2.75, 3.05) is 30.5 Å². The summed E-state index contributed by atoms with van der Waals surface area (Å²) >= 11 is 11.9. The number of methoxy groups -OCH3 is 1. The van der Waals surface area contributed by atoms with Crippen molar-refractivity contribution in [1.82, 2.24) is 0 Å². The van der Waals surface area contributed by atoms with Gasteiger partial charge in [0.2, 0.25) is 5.91 Å². The number of ether oxygens (including phenoxy) is 3. The minimum absolute atomic E-state index is 0.00638. The number of nitrogens with one attached hydrogen (secondary N) is 1. The van der Waals surface area contributed by atoms with Crippen LogP contribution >= 0.6 is 23.2 Å². The van der Waals surface area contributed by atoms with E-state index in [1.807, 2.05) is 0 Å². The number of benzene rings is 3. The van der Waals surface area contributed by atoms with Gasteiger partial charge >= 0.3 is 5.97 Å². The fraction of sp³-hybridized carbons (Fsp3) is 0.192. The van der Waals surface area contributed by atoms with Crippen molar-refractivity contribution in [3.63, 3.8) is 0 Å². The van der Waals surface area contributed by atoms with Crippen LogP contribution in [0.25, 0.3) is 0 Å². The number of amides is 2. The van der Waals surface area contributed by atoms with Crippen molar-refractivity contribution in [2.24, 2.45) is 5.92 Å². The van der Waals surface area contributed by atoms with Gasteiger partial charge in [-0.15, -0.1) is 0 Å². The molecule has 36 heavy (non-hydrogen) atoms. The predicted octanol–water partition coefficient (Wildman–Crippen LogP) is 5.33. The molecule has 0 radical (unpaired) electrons. The molecule has 1 fully saturated rings. The molecule has 3 aromatic carbocycles. The molecule has 0 saturated carbocycles. The van der Waals surface area contributed by atoms with E-state index >= 15 is 0 Å². The van der Waals surface area contributed by atoms with Crippen LogP contribution < -0.4 is 19.7 Å². The van der Waals surface area contributed by atoms with E-state index in [1.54, 1.807) is 67.8 Å². The van der Waals surface area contributed by atoms with Gasteiger partial charge in [-0.2, -0.15) is 0 Å². The first-order chi connectivity index (χ1) is 17.3. The van der Waals surface area contributed by atoms with Gasteiger partial charge in [0.1, 0.15) is 17.2 Å². The monoisotopic (exact) mass is 528 g/mol. The zero-order valence-electron chi connectivity index (χ0n) is 19.2. The van der Waals surface area contributed by atoms with Gasteiger partial charge in [0.15, 0.2) is 6.61 Å². The van der Waals surface area contributed by atoms with Crippen LogP contribution in [0.4, 0.5) is 11.4 Å². The summed E-state index contributed by atoms with van der Waals surface area (Å²) in [4.78, 5) is 38.7. The number of esters is 1. The van der Waals surface area contributed by atoms with Crippen LogP contribution in [0.1, 0.15) is 6.42 Å². The summed E-state index contributed by atoms with van der Waals surface area (Å²) in [7, 11) is 1.59. The molecule has 1 heterocycles. The van der Waals surface area contributed by atoms with Gasteiger partial charge in [0.25, 0.3) is 5.91 Å². The zero-order chi connectivity index (χ0) is 25.7. The lowest BCUT2D eigenvalue weighted by Crippen LogP contribution is -2.28. The van der Waals surface area contributed by atoms with Crippen LogP contribution in [0.2, 0.25) is 10.0 Å².